The minimum atomic E-state index is -0.230. The summed E-state index contributed by atoms with van der Waals surface area (Å²) < 4.78 is 10.6. The molecule has 6 nitrogen and oxygen atoms in total. The van der Waals surface area contributed by atoms with Crippen molar-refractivity contribution >= 4 is 5.91 Å². The summed E-state index contributed by atoms with van der Waals surface area (Å²) in [6, 6.07) is 7.17. The highest BCUT2D eigenvalue weighted by Crippen LogP contribution is 2.21. The summed E-state index contributed by atoms with van der Waals surface area (Å²) >= 11 is 0. The third-order valence-electron chi connectivity index (χ3n) is 3.17. The molecule has 1 amide bonds. The quantitative estimate of drug-likeness (QED) is 0.883. The zero-order valence-corrected chi connectivity index (χ0v) is 12.4. The Labute approximate surface area is 123 Å². The molecule has 1 heterocycles. The number of hydrogen-bond donors (Lipinski definition) is 1. The number of rotatable bonds is 6. The number of aromatic nitrogens is 2. The molecule has 0 aliphatic heterocycles. The number of benzene rings is 1. The maximum Gasteiger partial charge on any atom is 0.258 e. The van der Waals surface area contributed by atoms with E-state index in [0.29, 0.717) is 11.6 Å². The number of amides is 1. The van der Waals surface area contributed by atoms with E-state index in [-0.39, 0.29) is 18.1 Å². The topological polar surface area (TPSA) is 77.2 Å². The van der Waals surface area contributed by atoms with Gasteiger partial charge in [-0.2, -0.15) is 0 Å². The minimum absolute atomic E-state index is 0.0310. The molecule has 112 valence electrons. The molecule has 6 heteroatoms. The van der Waals surface area contributed by atoms with Crippen LogP contribution in [0, 0.1) is 0 Å². The normalized spacial score (nSPS) is 11.2. The summed E-state index contributed by atoms with van der Waals surface area (Å²) in [5.41, 5.74) is 0.519. The van der Waals surface area contributed by atoms with Gasteiger partial charge in [-0.3, -0.25) is 4.79 Å². The molecule has 1 N–H and O–H groups in total. The van der Waals surface area contributed by atoms with Gasteiger partial charge in [-0.15, -0.1) is 10.2 Å². The van der Waals surface area contributed by atoms with Crippen molar-refractivity contribution in [2.75, 3.05) is 6.61 Å². The predicted octanol–water partition coefficient (Wildman–Crippen LogP) is 2.42. The molecule has 1 aromatic carbocycles. The predicted molar refractivity (Wildman–Crippen MR) is 77.7 cm³/mol. The summed E-state index contributed by atoms with van der Waals surface area (Å²) in [6.07, 6.45) is 2.12. The fourth-order valence-corrected chi connectivity index (χ4v) is 1.67. The number of carbonyl (C=O) groups excluding carboxylic acids is 1. The zero-order chi connectivity index (χ0) is 15.3. The highest BCUT2D eigenvalue weighted by atomic mass is 16.5. The van der Waals surface area contributed by atoms with Crippen LogP contribution in [0.3, 0.4) is 0 Å². The van der Waals surface area contributed by atoms with Crippen LogP contribution in [-0.4, -0.2) is 28.3 Å². The maximum absolute atomic E-state index is 11.8. The molecule has 21 heavy (non-hydrogen) atoms. The summed E-state index contributed by atoms with van der Waals surface area (Å²) in [6.45, 7) is 5.94. The Morgan fingerprint density at radius 1 is 1.43 bits per heavy atom. The summed E-state index contributed by atoms with van der Waals surface area (Å²) in [5, 5.41) is 10.4. The third kappa shape index (κ3) is 4.30. The standard InChI is InChI=1S/C15H19N3O3/c1-4-15(2,3)17-13(19)9-20-12-7-5-6-11(8-12)14-18-16-10-21-14/h5-8,10H,4,9H2,1-3H3,(H,17,19). The first-order valence-electron chi connectivity index (χ1n) is 6.80. The van der Waals surface area contributed by atoms with E-state index in [1.54, 1.807) is 12.1 Å². The number of hydrogen-bond acceptors (Lipinski definition) is 5. The van der Waals surface area contributed by atoms with Crippen molar-refractivity contribution in [1.29, 1.82) is 0 Å². The van der Waals surface area contributed by atoms with Crippen molar-refractivity contribution in [1.82, 2.24) is 15.5 Å². The van der Waals surface area contributed by atoms with Crippen molar-refractivity contribution < 1.29 is 13.9 Å². The largest absolute Gasteiger partial charge is 0.484 e. The Hall–Kier alpha value is -2.37. The van der Waals surface area contributed by atoms with Crippen molar-refractivity contribution in [2.45, 2.75) is 32.7 Å². The van der Waals surface area contributed by atoms with Gasteiger partial charge in [0.25, 0.3) is 5.91 Å². The van der Waals surface area contributed by atoms with E-state index in [2.05, 4.69) is 15.5 Å². The Morgan fingerprint density at radius 2 is 2.24 bits per heavy atom. The van der Waals surface area contributed by atoms with Crippen LogP contribution in [0.4, 0.5) is 0 Å². The van der Waals surface area contributed by atoms with Crippen LogP contribution in [0.5, 0.6) is 5.75 Å². The van der Waals surface area contributed by atoms with E-state index >= 15 is 0 Å². The van der Waals surface area contributed by atoms with E-state index in [1.165, 1.54) is 6.39 Å². The van der Waals surface area contributed by atoms with Gasteiger partial charge in [0.05, 0.1) is 0 Å². The highest BCUT2D eigenvalue weighted by molar-refractivity contribution is 5.78. The van der Waals surface area contributed by atoms with Crippen molar-refractivity contribution in [3.05, 3.63) is 30.7 Å². The Bertz CT molecular complexity index is 594. The molecule has 0 saturated carbocycles. The van der Waals surface area contributed by atoms with E-state index in [9.17, 15) is 4.79 Å². The molecule has 0 bridgehead atoms. The Balaban J connectivity index is 1.95. The average Bonchev–Trinajstić information content (AvgIpc) is 2.99. The molecule has 0 saturated heterocycles. The zero-order valence-electron chi connectivity index (χ0n) is 12.4. The monoisotopic (exact) mass is 289 g/mol. The first kappa shape index (κ1) is 15.0. The second-order valence-electron chi connectivity index (χ2n) is 5.35. The minimum Gasteiger partial charge on any atom is -0.484 e. The maximum atomic E-state index is 11.8. The Morgan fingerprint density at radius 3 is 2.90 bits per heavy atom. The van der Waals surface area contributed by atoms with Gasteiger partial charge in [0.1, 0.15) is 5.75 Å². The van der Waals surface area contributed by atoms with Gasteiger partial charge in [-0.05, 0) is 38.5 Å². The van der Waals surface area contributed by atoms with Crippen LogP contribution in [-0.2, 0) is 4.79 Å². The molecule has 0 spiro atoms. The van der Waals surface area contributed by atoms with Gasteiger partial charge in [-0.25, -0.2) is 0 Å². The number of ether oxygens (including phenoxy) is 1. The first-order chi connectivity index (χ1) is 10.00. The van der Waals surface area contributed by atoms with Crippen LogP contribution in [0.1, 0.15) is 27.2 Å². The molecule has 0 unspecified atom stereocenters. The van der Waals surface area contributed by atoms with Crippen LogP contribution < -0.4 is 10.1 Å². The first-order valence-corrected chi connectivity index (χ1v) is 6.80. The highest BCUT2D eigenvalue weighted by Gasteiger charge is 2.17. The molecule has 0 aliphatic carbocycles. The Kier molecular flexibility index (Phi) is 4.57. The smallest absolute Gasteiger partial charge is 0.258 e. The van der Waals surface area contributed by atoms with Gasteiger partial charge >= 0.3 is 0 Å². The van der Waals surface area contributed by atoms with Crippen LogP contribution in [0.15, 0.2) is 35.1 Å². The van der Waals surface area contributed by atoms with Crippen LogP contribution in [0.25, 0.3) is 11.5 Å². The molecule has 2 rings (SSSR count). The average molecular weight is 289 g/mol. The van der Waals surface area contributed by atoms with E-state index < -0.39 is 0 Å². The fourth-order valence-electron chi connectivity index (χ4n) is 1.67. The molecule has 2 aromatic rings. The van der Waals surface area contributed by atoms with E-state index in [0.717, 1.165) is 12.0 Å². The lowest BCUT2D eigenvalue weighted by molar-refractivity contribution is -0.124. The molecule has 0 aliphatic rings. The second kappa shape index (κ2) is 6.39. The van der Waals surface area contributed by atoms with Crippen molar-refractivity contribution in [3.63, 3.8) is 0 Å². The number of nitrogens with one attached hydrogen (secondary N) is 1. The lowest BCUT2D eigenvalue weighted by Crippen LogP contribution is -2.44. The molecule has 0 fully saturated rings. The van der Waals surface area contributed by atoms with Crippen molar-refractivity contribution in [2.24, 2.45) is 0 Å². The van der Waals surface area contributed by atoms with Crippen LogP contribution >= 0.6 is 0 Å². The fraction of sp³-hybridized carbons (Fsp3) is 0.400. The third-order valence-corrected chi connectivity index (χ3v) is 3.17. The van der Waals surface area contributed by atoms with E-state index in [4.69, 9.17) is 9.15 Å². The molecular weight excluding hydrogens is 270 g/mol. The van der Waals surface area contributed by atoms with Gasteiger partial charge < -0.3 is 14.5 Å². The number of nitrogens with zero attached hydrogens (tertiary/aromatic N) is 2. The van der Waals surface area contributed by atoms with Gasteiger partial charge in [0.15, 0.2) is 6.61 Å². The summed E-state index contributed by atoms with van der Waals surface area (Å²) in [7, 11) is 0. The molecular formula is C15H19N3O3. The molecule has 0 radical (unpaired) electrons. The van der Waals surface area contributed by atoms with Gasteiger partial charge in [-0.1, -0.05) is 13.0 Å². The van der Waals surface area contributed by atoms with E-state index in [1.807, 2.05) is 32.9 Å². The van der Waals surface area contributed by atoms with Gasteiger partial charge in [0.2, 0.25) is 12.3 Å². The molecule has 0 atom stereocenters. The summed E-state index contributed by atoms with van der Waals surface area (Å²) in [4.78, 5) is 11.8. The van der Waals surface area contributed by atoms with Crippen molar-refractivity contribution in [3.8, 4) is 17.2 Å². The molecule has 1 aromatic heterocycles. The van der Waals surface area contributed by atoms with Gasteiger partial charge in [0, 0.05) is 11.1 Å². The summed E-state index contributed by atoms with van der Waals surface area (Å²) in [5.74, 6) is 0.845. The second-order valence-corrected chi connectivity index (χ2v) is 5.35. The number of carbonyl (C=O) groups is 1. The lowest BCUT2D eigenvalue weighted by atomic mass is 10.0. The van der Waals surface area contributed by atoms with Crippen LogP contribution in [0.2, 0.25) is 0 Å². The lowest BCUT2D eigenvalue weighted by Gasteiger charge is -2.24. The SMILES string of the molecule is CCC(C)(C)NC(=O)COc1cccc(-c2nnco2)c1.